The van der Waals surface area contributed by atoms with Gasteiger partial charge in [-0.2, -0.15) is 0 Å². The number of nitrogens with zero attached hydrogens (tertiary/aromatic N) is 2. The molecule has 2 rings (SSSR count). The van der Waals surface area contributed by atoms with Crippen LogP contribution in [-0.2, 0) is 11.3 Å². The first-order valence-corrected chi connectivity index (χ1v) is 5.96. The molecule has 1 aromatic heterocycles. The van der Waals surface area contributed by atoms with Gasteiger partial charge in [-0.05, 0) is 26.0 Å². The van der Waals surface area contributed by atoms with Gasteiger partial charge in [0.25, 0.3) is 5.56 Å². The van der Waals surface area contributed by atoms with Gasteiger partial charge in [0.2, 0.25) is 0 Å². The SMILES string of the molecule is CCn1c(=O)n(C(C)C(=O)O)c(=O)c2ccccc21. The van der Waals surface area contributed by atoms with Crippen molar-refractivity contribution in [2.45, 2.75) is 26.4 Å². The van der Waals surface area contributed by atoms with Gasteiger partial charge >= 0.3 is 11.7 Å². The third kappa shape index (κ3) is 1.95. The Hall–Kier alpha value is -2.37. The molecule has 0 fully saturated rings. The van der Waals surface area contributed by atoms with Crippen LogP contribution in [0.5, 0.6) is 0 Å². The second-order valence-corrected chi connectivity index (χ2v) is 4.23. The van der Waals surface area contributed by atoms with E-state index >= 15 is 0 Å². The molecule has 19 heavy (non-hydrogen) atoms. The van der Waals surface area contributed by atoms with Crippen molar-refractivity contribution in [1.82, 2.24) is 9.13 Å². The van der Waals surface area contributed by atoms with E-state index in [0.717, 1.165) is 4.57 Å². The Morgan fingerprint density at radius 1 is 1.32 bits per heavy atom. The van der Waals surface area contributed by atoms with Gasteiger partial charge in [0, 0.05) is 6.54 Å². The highest BCUT2D eigenvalue weighted by Crippen LogP contribution is 2.09. The van der Waals surface area contributed by atoms with Crippen LogP contribution >= 0.6 is 0 Å². The van der Waals surface area contributed by atoms with E-state index in [0.29, 0.717) is 17.4 Å². The summed E-state index contributed by atoms with van der Waals surface area (Å²) in [5, 5.41) is 9.36. The highest BCUT2D eigenvalue weighted by atomic mass is 16.4. The minimum atomic E-state index is -1.21. The van der Waals surface area contributed by atoms with Gasteiger partial charge in [0.15, 0.2) is 0 Å². The van der Waals surface area contributed by atoms with Crippen molar-refractivity contribution < 1.29 is 9.90 Å². The number of hydrogen-bond acceptors (Lipinski definition) is 3. The fraction of sp³-hybridized carbons (Fsp3) is 0.308. The third-order valence-electron chi connectivity index (χ3n) is 3.14. The maximum Gasteiger partial charge on any atom is 0.332 e. The molecule has 1 unspecified atom stereocenters. The summed E-state index contributed by atoms with van der Waals surface area (Å²) in [5.74, 6) is -1.21. The van der Waals surface area contributed by atoms with Crippen molar-refractivity contribution in [3.05, 3.63) is 45.1 Å². The summed E-state index contributed by atoms with van der Waals surface area (Å²) < 4.78 is 2.18. The zero-order valence-electron chi connectivity index (χ0n) is 10.7. The molecule has 0 aliphatic carbocycles. The van der Waals surface area contributed by atoms with Crippen LogP contribution in [0.3, 0.4) is 0 Å². The van der Waals surface area contributed by atoms with Gasteiger partial charge in [-0.1, -0.05) is 12.1 Å². The van der Waals surface area contributed by atoms with Crippen LogP contribution in [0.1, 0.15) is 19.9 Å². The van der Waals surface area contributed by atoms with Crippen LogP contribution in [0.15, 0.2) is 33.9 Å². The van der Waals surface area contributed by atoms with Crippen LogP contribution < -0.4 is 11.2 Å². The van der Waals surface area contributed by atoms with Crippen molar-refractivity contribution in [2.24, 2.45) is 0 Å². The first kappa shape index (κ1) is 13.1. The Bertz CT molecular complexity index is 757. The molecule has 0 aliphatic heterocycles. The Kier molecular flexibility index (Phi) is 3.25. The van der Waals surface area contributed by atoms with Crippen molar-refractivity contribution >= 4 is 16.9 Å². The van der Waals surface area contributed by atoms with Crippen LogP contribution in [0.25, 0.3) is 10.9 Å². The van der Waals surface area contributed by atoms with Gasteiger partial charge in [0.1, 0.15) is 6.04 Å². The molecule has 0 spiro atoms. The number of para-hydroxylation sites is 1. The minimum Gasteiger partial charge on any atom is -0.480 e. The number of rotatable bonds is 3. The van der Waals surface area contributed by atoms with Crippen LogP contribution in [0.2, 0.25) is 0 Å². The van der Waals surface area contributed by atoms with E-state index in [9.17, 15) is 14.4 Å². The summed E-state index contributed by atoms with van der Waals surface area (Å²) in [6, 6.07) is 5.50. The number of carbonyl (C=O) groups is 1. The molecule has 6 nitrogen and oxygen atoms in total. The quantitative estimate of drug-likeness (QED) is 0.888. The van der Waals surface area contributed by atoms with Gasteiger partial charge in [-0.3, -0.25) is 9.36 Å². The molecule has 0 amide bonds. The second-order valence-electron chi connectivity index (χ2n) is 4.23. The van der Waals surface area contributed by atoms with Crippen molar-refractivity contribution in [3.63, 3.8) is 0 Å². The second kappa shape index (κ2) is 4.72. The van der Waals surface area contributed by atoms with E-state index in [1.54, 1.807) is 31.2 Å². The molecule has 1 N–H and O–H groups in total. The predicted molar refractivity (Wildman–Crippen MR) is 70.5 cm³/mol. The summed E-state index contributed by atoms with van der Waals surface area (Å²) in [6.45, 7) is 3.46. The largest absolute Gasteiger partial charge is 0.480 e. The molecule has 1 heterocycles. The van der Waals surface area contributed by atoms with E-state index in [-0.39, 0.29) is 0 Å². The minimum absolute atomic E-state index is 0.344. The number of benzene rings is 1. The topological polar surface area (TPSA) is 81.3 Å². The molecule has 1 atom stereocenters. The summed E-state index contributed by atoms with van der Waals surface area (Å²) in [7, 11) is 0. The fourth-order valence-electron chi connectivity index (χ4n) is 2.10. The van der Waals surface area contributed by atoms with Crippen LogP contribution in [0.4, 0.5) is 0 Å². The van der Waals surface area contributed by atoms with E-state index < -0.39 is 23.3 Å². The molecule has 1 aromatic carbocycles. The molecular formula is C13H14N2O4. The Morgan fingerprint density at radius 3 is 2.53 bits per heavy atom. The summed E-state index contributed by atoms with van der Waals surface area (Å²) in [6.07, 6.45) is 0. The van der Waals surface area contributed by atoms with Crippen molar-refractivity contribution in [3.8, 4) is 0 Å². The third-order valence-corrected chi connectivity index (χ3v) is 3.14. The molecule has 0 bridgehead atoms. The first-order chi connectivity index (χ1) is 8.99. The van der Waals surface area contributed by atoms with E-state index in [4.69, 9.17) is 5.11 Å². The number of aliphatic carboxylic acids is 1. The lowest BCUT2D eigenvalue weighted by atomic mass is 10.2. The predicted octanol–water partition coefficient (Wildman–Crippen LogP) is 0.829. The Morgan fingerprint density at radius 2 is 1.95 bits per heavy atom. The molecule has 0 radical (unpaired) electrons. The van der Waals surface area contributed by atoms with Crippen LogP contribution in [-0.4, -0.2) is 20.2 Å². The molecule has 100 valence electrons. The molecule has 2 aromatic rings. The maximum atomic E-state index is 12.2. The summed E-state index contributed by atoms with van der Waals surface area (Å²) >= 11 is 0. The monoisotopic (exact) mass is 262 g/mol. The van der Waals surface area contributed by atoms with Gasteiger partial charge in [-0.25, -0.2) is 14.2 Å². The lowest BCUT2D eigenvalue weighted by Gasteiger charge is -2.14. The van der Waals surface area contributed by atoms with Crippen molar-refractivity contribution in [2.75, 3.05) is 0 Å². The lowest BCUT2D eigenvalue weighted by Crippen LogP contribution is -2.43. The number of hydrogen-bond donors (Lipinski definition) is 1. The maximum absolute atomic E-state index is 12.2. The van der Waals surface area contributed by atoms with E-state index in [1.165, 1.54) is 11.5 Å². The molecule has 0 saturated carbocycles. The average Bonchev–Trinajstić information content (AvgIpc) is 2.39. The van der Waals surface area contributed by atoms with Gasteiger partial charge in [0.05, 0.1) is 10.9 Å². The molecular weight excluding hydrogens is 248 g/mol. The number of carboxylic acid groups (broad SMARTS) is 1. The summed E-state index contributed by atoms with van der Waals surface area (Å²) in [4.78, 5) is 35.5. The summed E-state index contributed by atoms with van der Waals surface area (Å²) in [5.41, 5.74) is -0.643. The number of aromatic nitrogens is 2. The lowest BCUT2D eigenvalue weighted by molar-refractivity contribution is -0.140. The molecule has 0 aliphatic rings. The molecule has 0 saturated heterocycles. The van der Waals surface area contributed by atoms with E-state index in [2.05, 4.69) is 0 Å². The Balaban J connectivity index is 2.98. The normalized spacial score (nSPS) is 12.5. The standard InChI is InChI=1S/C13H14N2O4/c1-3-14-10-7-5-4-6-9(10)11(16)15(13(14)19)8(2)12(17)18/h4-8H,3H2,1-2H3,(H,17,18). The zero-order valence-corrected chi connectivity index (χ0v) is 10.7. The first-order valence-electron chi connectivity index (χ1n) is 5.96. The number of carboxylic acids is 1. The number of fused-ring (bicyclic) bond motifs is 1. The van der Waals surface area contributed by atoms with Gasteiger partial charge < -0.3 is 5.11 Å². The zero-order chi connectivity index (χ0) is 14.2. The number of aryl methyl sites for hydroxylation is 1. The average molecular weight is 262 g/mol. The van der Waals surface area contributed by atoms with Crippen molar-refractivity contribution in [1.29, 1.82) is 0 Å². The molecule has 6 heteroatoms. The highest BCUT2D eigenvalue weighted by Gasteiger charge is 2.21. The van der Waals surface area contributed by atoms with E-state index in [1.807, 2.05) is 0 Å². The highest BCUT2D eigenvalue weighted by molar-refractivity contribution is 5.78. The Labute approximate surface area is 108 Å². The smallest absolute Gasteiger partial charge is 0.332 e. The van der Waals surface area contributed by atoms with Gasteiger partial charge in [-0.15, -0.1) is 0 Å². The van der Waals surface area contributed by atoms with Crippen LogP contribution in [0, 0.1) is 0 Å². The fourth-order valence-corrected chi connectivity index (χ4v) is 2.10.